The van der Waals surface area contributed by atoms with E-state index in [1.807, 2.05) is 0 Å². The van der Waals surface area contributed by atoms with Crippen molar-refractivity contribution in [1.82, 2.24) is 0 Å². The highest BCUT2D eigenvalue weighted by Gasteiger charge is 2.32. The predicted molar refractivity (Wildman–Crippen MR) is 42.1 cm³/mol. The third-order valence-electron chi connectivity index (χ3n) is 1.49. The van der Waals surface area contributed by atoms with Crippen molar-refractivity contribution in [2.24, 2.45) is 0 Å². The molecule has 0 aliphatic rings. The van der Waals surface area contributed by atoms with E-state index in [4.69, 9.17) is 0 Å². The Hall–Kier alpha value is -0.560. The number of hydrogen-bond donors (Lipinski definition) is 0. The second kappa shape index (κ2) is 3.44. The molecule has 0 saturated heterocycles. The number of benzene rings is 1. The van der Waals surface area contributed by atoms with Gasteiger partial charge in [-0.2, -0.15) is 13.2 Å². The fourth-order valence-corrected chi connectivity index (χ4v) is 1.21. The minimum atomic E-state index is -4.26. The molecule has 0 spiro atoms. The predicted octanol–water partition coefficient (Wildman–Crippen LogP) is 3.62. The van der Waals surface area contributed by atoms with E-state index < -0.39 is 11.7 Å². The van der Waals surface area contributed by atoms with Crippen molar-refractivity contribution in [2.45, 2.75) is 12.3 Å². The lowest BCUT2D eigenvalue weighted by Crippen LogP contribution is -2.07. The summed E-state index contributed by atoms with van der Waals surface area (Å²) in [5.74, 6) is 0. The van der Waals surface area contributed by atoms with E-state index in [-0.39, 0.29) is 11.7 Å². The molecule has 4 heteroatoms. The summed E-state index contributed by atoms with van der Waals surface area (Å²) in [7, 11) is 3.81. The van der Waals surface area contributed by atoms with Gasteiger partial charge in [0.1, 0.15) is 0 Å². The van der Waals surface area contributed by atoms with Crippen LogP contribution < -0.4 is 0 Å². The Morgan fingerprint density at radius 3 is 2.17 bits per heavy atom. The van der Waals surface area contributed by atoms with E-state index in [0.717, 1.165) is 6.07 Å². The topological polar surface area (TPSA) is 0 Å². The molecule has 0 N–H and O–H groups in total. The van der Waals surface area contributed by atoms with Crippen molar-refractivity contribution in [3.8, 4) is 0 Å². The van der Waals surface area contributed by atoms with Crippen LogP contribution in [0.4, 0.5) is 13.2 Å². The molecular formula is C8H6F3P. The fourth-order valence-electron chi connectivity index (χ4n) is 0.935. The zero-order valence-corrected chi connectivity index (χ0v) is 6.99. The monoisotopic (exact) mass is 190 g/mol. The third kappa shape index (κ3) is 1.98. The normalized spacial score (nSPS) is 11.7. The molecule has 0 aliphatic heterocycles. The summed E-state index contributed by atoms with van der Waals surface area (Å²) >= 11 is 0. The molecule has 0 nitrogen and oxygen atoms in total. The van der Waals surface area contributed by atoms with Gasteiger partial charge in [0.15, 0.2) is 0 Å². The van der Waals surface area contributed by atoms with Crippen LogP contribution >= 0.6 is 9.24 Å². The minimum absolute atomic E-state index is 0.107. The highest BCUT2D eigenvalue weighted by atomic mass is 31.0. The van der Waals surface area contributed by atoms with Gasteiger partial charge < -0.3 is 0 Å². The zero-order chi connectivity index (χ0) is 9.19. The summed E-state index contributed by atoms with van der Waals surface area (Å²) < 4.78 is 36.6. The van der Waals surface area contributed by atoms with Gasteiger partial charge >= 0.3 is 6.18 Å². The molecule has 0 bridgehead atoms. The van der Waals surface area contributed by atoms with E-state index in [1.54, 1.807) is 6.07 Å². The van der Waals surface area contributed by atoms with Gasteiger partial charge in [-0.3, -0.25) is 0 Å². The second-order valence-electron chi connectivity index (χ2n) is 2.31. The minimum Gasteiger partial charge on any atom is -0.166 e. The summed E-state index contributed by atoms with van der Waals surface area (Å²) in [4.78, 5) is 0. The van der Waals surface area contributed by atoms with Crippen molar-refractivity contribution in [1.29, 1.82) is 0 Å². The molecule has 64 valence electrons. The lowest BCUT2D eigenvalue weighted by molar-refractivity contribution is -0.138. The standard InChI is InChI=1S/C8H6F3P/c9-8(10,11)7-4-2-1-3-6(7)5-12/h1-4H,5H2. The number of rotatable bonds is 1. The molecule has 2 radical (unpaired) electrons. The molecule has 0 aliphatic carbocycles. The average molecular weight is 190 g/mol. The summed E-state index contributed by atoms with van der Waals surface area (Å²) in [5, 5.41) is 0. The summed E-state index contributed by atoms with van der Waals surface area (Å²) in [6, 6.07) is 5.43. The Kier molecular flexibility index (Phi) is 2.73. The number of alkyl halides is 3. The van der Waals surface area contributed by atoms with E-state index in [0.29, 0.717) is 0 Å². The van der Waals surface area contributed by atoms with Crippen molar-refractivity contribution in [3.05, 3.63) is 35.4 Å². The first kappa shape index (κ1) is 9.53. The molecule has 12 heavy (non-hydrogen) atoms. The smallest absolute Gasteiger partial charge is 0.166 e. The highest BCUT2D eigenvalue weighted by molar-refractivity contribution is 7.15. The molecule has 1 aromatic carbocycles. The highest BCUT2D eigenvalue weighted by Crippen LogP contribution is 2.32. The largest absolute Gasteiger partial charge is 0.416 e. The van der Waals surface area contributed by atoms with Gasteiger partial charge in [-0.05, 0) is 20.9 Å². The number of halogens is 3. The van der Waals surface area contributed by atoms with E-state index in [2.05, 4.69) is 9.24 Å². The molecule has 0 saturated carbocycles. The van der Waals surface area contributed by atoms with Gasteiger partial charge in [0.2, 0.25) is 0 Å². The summed E-state index contributed by atoms with van der Waals surface area (Å²) in [5.41, 5.74) is -0.381. The molecule has 0 amide bonds. The lowest BCUT2D eigenvalue weighted by Gasteiger charge is -2.09. The van der Waals surface area contributed by atoms with Gasteiger partial charge in [0.05, 0.1) is 5.56 Å². The maximum absolute atomic E-state index is 12.2. The maximum atomic E-state index is 12.2. The van der Waals surface area contributed by atoms with Crippen LogP contribution in [0.2, 0.25) is 0 Å². The van der Waals surface area contributed by atoms with Crippen LogP contribution in [0.1, 0.15) is 11.1 Å². The molecule has 0 atom stereocenters. The van der Waals surface area contributed by atoms with Crippen molar-refractivity contribution >= 4 is 9.24 Å². The number of hydrogen-bond acceptors (Lipinski definition) is 0. The van der Waals surface area contributed by atoms with Crippen LogP contribution in [0, 0.1) is 0 Å². The molecule has 1 aromatic rings. The molecular weight excluding hydrogens is 184 g/mol. The Labute approximate surface area is 71.0 Å². The molecule has 1 rings (SSSR count). The first-order valence-electron chi connectivity index (χ1n) is 3.31. The lowest BCUT2D eigenvalue weighted by atomic mass is 10.1. The van der Waals surface area contributed by atoms with E-state index >= 15 is 0 Å². The maximum Gasteiger partial charge on any atom is 0.416 e. The van der Waals surface area contributed by atoms with E-state index in [9.17, 15) is 13.2 Å². The van der Waals surface area contributed by atoms with Crippen molar-refractivity contribution in [2.75, 3.05) is 0 Å². The fraction of sp³-hybridized carbons (Fsp3) is 0.250. The van der Waals surface area contributed by atoms with Crippen LogP contribution in [-0.4, -0.2) is 0 Å². The van der Waals surface area contributed by atoms with Gasteiger partial charge in [0.25, 0.3) is 0 Å². The summed E-state index contributed by atoms with van der Waals surface area (Å²) in [6.07, 6.45) is -4.16. The van der Waals surface area contributed by atoms with Gasteiger partial charge in [0, 0.05) is 6.16 Å². The van der Waals surface area contributed by atoms with Gasteiger partial charge in [-0.25, -0.2) is 0 Å². The van der Waals surface area contributed by atoms with Crippen LogP contribution in [0.3, 0.4) is 0 Å². The van der Waals surface area contributed by atoms with E-state index in [1.165, 1.54) is 12.1 Å². The van der Waals surface area contributed by atoms with Gasteiger partial charge in [-0.1, -0.05) is 18.2 Å². The quantitative estimate of drug-likeness (QED) is 0.593. The van der Waals surface area contributed by atoms with Crippen molar-refractivity contribution < 1.29 is 13.2 Å². The molecule has 0 heterocycles. The van der Waals surface area contributed by atoms with Crippen LogP contribution in [-0.2, 0) is 12.3 Å². The molecule has 0 aromatic heterocycles. The Balaban J connectivity index is 3.14. The molecule has 0 fully saturated rings. The zero-order valence-electron chi connectivity index (χ0n) is 6.10. The van der Waals surface area contributed by atoms with Crippen LogP contribution in [0.25, 0.3) is 0 Å². The Morgan fingerprint density at radius 1 is 1.17 bits per heavy atom. The molecule has 0 unspecified atom stereocenters. The Morgan fingerprint density at radius 2 is 1.75 bits per heavy atom. The SMILES string of the molecule is FC(F)(F)c1ccccc1C[P]. The summed E-state index contributed by atoms with van der Waals surface area (Å²) in [6.45, 7) is 0. The third-order valence-corrected chi connectivity index (χ3v) is 1.83. The Bertz CT molecular complexity index is 267. The first-order chi connectivity index (χ1) is 5.55. The average Bonchev–Trinajstić information content (AvgIpc) is 2.03. The van der Waals surface area contributed by atoms with Gasteiger partial charge in [-0.15, -0.1) is 0 Å². The van der Waals surface area contributed by atoms with Crippen molar-refractivity contribution in [3.63, 3.8) is 0 Å². The van der Waals surface area contributed by atoms with Crippen LogP contribution in [0.15, 0.2) is 24.3 Å². The van der Waals surface area contributed by atoms with Crippen LogP contribution in [0.5, 0.6) is 0 Å². The first-order valence-corrected chi connectivity index (χ1v) is 3.95. The second-order valence-corrected chi connectivity index (χ2v) is 2.63.